The Hall–Kier alpha value is -7.05. The van der Waals surface area contributed by atoms with Crippen LogP contribution in [0.15, 0.2) is 166 Å². The Morgan fingerprint density at radius 1 is 0.431 bits per heavy atom. The molecule has 0 atom stereocenters. The Labute approximate surface area is 297 Å². The molecule has 11 aromatic rings. The molecule has 4 heterocycles. The van der Waals surface area contributed by atoms with Crippen LogP contribution in [0.4, 0.5) is 0 Å². The number of benzene rings is 7. The van der Waals surface area contributed by atoms with Gasteiger partial charge in [-0.25, -0.2) is 15.0 Å². The Balaban J connectivity index is 1.13. The summed E-state index contributed by atoms with van der Waals surface area (Å²) >= 11 is 0. The maximum Gasteiger partial charge on any atom is 0.164 e. The highest BCUT2D eigenvalue weighted by atomic mass is 16.3. The van der Waals surface area contributed by atoms with Gasteiger partial charge in [0.05, 0.1) is 29.0 Å². The summed E-state index contributed by atoms with van der Waals surface area (Å²) in [6, 6.07) is 39.8. The summed E-state index contributed by atoms with van der Waals surface area (Å²) < 4.78 is 57.1. The van der Waals surface area contributed by atoms with Crippen molar-refractivity contribution in [3.05, 3.63) is 158 Å². The van der Waals surface area contributed by atoms with Gasteiger partial charge in [0.1, 0.15) is 22.3 Å². The number of hydrogen-bond acceptors (Lipinski definition) is 5. The minimum Gasteiger partial charge on any atom is -0.456 e. The molecule has 0 aliphatic heterocycles. The quantitative estimate of drug-likeness (QED) is 0.188. The maximum absolute atomic E-state index is 8.64. The van der Waals surface area contributed by atoms with Crippen molar-refractivity contribution < 1.29 is 15.7 Å². The molecule has 11 rings (SSSR count). The van der Waals surface area contributed by atoms with Crippen LogP contribution in [0, 0.1) is 0 Å². The predicted octanol–water partition coefficient (Wildman–Crippen LogP) is 11.8. The van der Waals surface area contributed by atoms with Crippen LogP contribution < -0.4 is 0 Å². The topological polar surface area (TPSA) is 69.9 Å². The van der Waals surface area contributed by atoms with Crippen molar-refractivity contribution in [3.8, 4) is 39.9 Å². The first-order valence-corrected chi connectivity index (χ1v) is 16.5. The normalized spacial score (nSPS) is 13.3. The number of aromatic nitrogens is 4. The highest BCUT2D eigenvalue weighted by Crippen LogP contribution is 2.42. The summed E-state index contributed by atoms with van der Waals surface area (Å²) in [6.45, 7) is 0. The van der Waals surface area contributed by atoms with Crippen molar-refractivity contribution in [2.75, 3.05) is 0 Å². The zero-order chi connectivity index (χ0) is 37.8. The van der Waals surface area contributed by atoms with Gasteiger partial charge in [0.15, 0.2) is 17.5 Å². The SMILES string of the molecule is [2H]c1c([2H])c([2H])c(-c2nc(-c3ccccc3)nc(-c3ccc4c(c3)oc3cccc(-n5c6ccccc6c6cc7c(cc65)oc5ccccc57)c34)n2)c([2H])c1[2H]. The van der Waals surface area contributed by atoms with E-state index in [-0.39, 0.29) is 17.2 Å². The average Bonchev–Trinajstić information content (AvgIpc) is 3.90. The first kappa shape index (κ1) is 23.3. The third-order valence-corrected chi connectivity index (χ3v) is 9.54. The summed E-state index contributed by atoms with van der Waals surface area (Å²) in [4.78, 5) is 14.2. The molecule has 0 radical (unpaired) electrons. The second-order valence-corrected chi connectivity index (χ2v) is 12.5. The standard InChI is InChI=1S/C45H26N4O2/c1-3-12-27(13-4-1)43-46-44(28-14-5-2-6-15-28)48-45(47-43)29-22-23-32-40(24-29)51-39-21-11-19-36(42(32)39)49-35-18-9-7-16-30(35)33-25-34-31-17-8-10-20-38(31)50-41(34)26-37(33)49/h1-26H/i1D,3D,4D,12D,13D. The van der Waals surface area contributed by atoms with E-state index in [0.29, 0.717) is 28.1 Å². The Morgan fingerprint density at radius 3 is 1.98 bits per heavy atom. The van der Waals surface area contributed by atoms with E-state index in [1.165, 1.54) is 0 Å². The molecule has 0 saturated heterocycles. The van der Waals surface area contributed by atoms with E-state index in [9.17, 15) is 0 Å². The third kappa shape index (κ3) is 4.26. The fourth-order valence-corrected chi connectivity index (χ4v) is 7.27. The summed E-state index contributed by atoms with van der Waals surface area (Å²) in [7, 11) is 0. The van der Waals surface area contributed by atoms with E-state index in [4.69, 9.17) is 25.7 Å². The molecule has 0 N–H and O–H groups in total. The van der Waals surface area contributed by atoms with Gasteiger partial charge in [0, 0.05) is 49.7 Å². The molecule has 0 spiro atoms. The molecular weight excluding hydrogens is 629 g/mol. The van der Waals surface area contributed by atoms with Crippen LogP contribution in [0.5, 0.6) is 0 Å². The number of hydrogen-bond donors (Lipinski definition) is 0. The zero-order valence-electron chi connectivity index (χ0n) is 31.7. The van der Waals surface area contributed by atoms with Gasteiger partial charge < -0.3 is 13.4 Å². The van der Waals surface area contributed by atoms with Crippen LogP contribution in [0.1, 0.15) is 6.85 Å². The second kappa shape index (κ2) is 10.7. The summed E-state index contributed by atoms with van der Waals surface area (Å²) in [5.74, 6) is 0.539. The molecule has 51 heavy (non-hydrogen) atoms. The second-order valence-electron chi connectivity index (χ2n) is 12.5. The number of fused-ring (bicyclic) bond motifs is 9. The highest BCUT2D eigenvalue weighted by Gasteiger charge is 2.21. The van der Waals surface area contributed by atoms with Gasteiger partial charge in [0.25, 0.3) is 0 Å². The van der Waals surface area contributed by atoms with Gasteiger partial charge in [-0.15, -0.1) is 0 Å². The molecule has 0 fully saturated rings. The molecule has 6 heteroatoms. The van der Waals surface area contributed by atoms with Gasteiger partial charge in [-0.3, -0.25) is 0 Å². The van der Waals surface area contributed by atoms with Crippen molar-refractivity contribution in [3.63, 3.8) is 0 Å². The van der Waals surface area contributed by atoms with Crippen molar-refractivity contribution >= 4 is 65.7 Å². The zero-order valence-corrected chi connectivity index (χ0v) is 26.7. The van der Waals surface area contributed by atoms with Gasteiger partial charge in [-0.05, 0) is 42.5 Å². The molecule has 4 aromatic heterocycles. The van der Waals surface area contributed by atoms with Gasteiger partial charge in [-0.2, -0.15) is 0 Å². The molecule has 0 aliphatic carbocycles. The van der Waals surface area contributed by atoms with E-state index in [2.05, 4.69) is 52.0 Å². The Bertz CT molecular complexity index is 3420. The van der Waals surface area contributed by atoms with E-state index in [0.717, 1.165) is 60.2 Å². The minimum atomic E-state index is -0.486. The summed E-state index contributed by atoms with van der Waals surface area (Å²) in [5, 5.41) is 6.21. The van der Waals surface area contributed by atoms with E-state index in [1.807, 2.05) is 84.9 Å². The minimum absolute atomic E-state index is 0.0252. The van der Waals surface area contributed by atoms with Crippen LogP contribution in [0.3, 0.4) is 0 Å². The van der Waals surface area contributed by atoms with Gasteiger partial charge in [0.2, 0.25) is 0 Å². The van der Waals surface area contributed by atoms with Crippen LogP contribution >= 0.6 is 0 Å². The lowest BCUT2D eigenvalue weighted by Crippen LogP contribution is -2.00. The Morgan fingerprint density at radius 2 is 1.12 bits per heavy atom. The molecule has 0 saturated carbocycles. The lowest BCUT2D eigenvalue weighted by molar-refractivity contribution is 0.669. The van der Waals surface area contributed by atoms with E-state index >= 15 is 0 Å². The fourth-order valence-electron chi connectivity index (χ4n) is 7.27. The van der Waals surface area contributed by atoms with Crippen LogP contribution in [0.25, 0.3) is 106 Å². The molecular formula is C45H26N4O2. The highest BCUT2D eigenvalue weighted by molar-refractivity contribution is 6.19. The maximum atomic E-state index is 8.64. The largest absolute Gasteiger partial charge is 0.456 e. The van der Waals surface area contributed by atoms with Crippen LogP contribution in [-0.4, -0.2) is 19.5 Å². The average molecular weight is 660 g/mol. The van der Waals surface area contributed by atoms with Gasteiger partial charge >= 0.3 is 0 Å². The number of furan rings is 2. The molecule has 0 amide bonds. The first-order valence-electron chi connectivity index (χ1n) is 19.0. The smallest absolute Gasteiger partial charge is 0.164 e. The number of para-hydroxylation sites is 2. The molecule has 0 bridgehead atoms. The van der Waals surface area contributed by atoms with Crippen molar-refractivity contribution in [2.24, 2.45) is 0 Å². The summed E-state index contributed by atoms with van der Waals surface area (Å²) in [6.07, 6.45) is 0. The van der Waals surface area contributed by atoms with Gasteiger partial charge in [-0.1, -0.05) is 109 Å². The molecule has 7 aromatic carbocycles. The Kier molecular flexibility index (Phi) is 4.91. The van der Waals surface area contributed by atoms with Crippen LogP contribution in [-0.2, 0) is 0 Å². The van der Waals surface area contributed by atoms with E-state index < -0.39 is 30.2 Å². The number of nitrogens with zero attached hydrogens (tertiary/aromatic N) is 4. The van der Waals surface area contributed by atoms with Crippen molar-refractivity contribution in [1.29, 1.82) is 0 Å². The van der Waals surface area contributed by atoms with E-state index in [1.54, 1.807) is 0 Å². The fraction of sp³-hybridized carbons (Fsp3) is 0. The third-order valence-electron chi connectivity index (χ3n) is 9.54. The van der Waals surface area contributed by atoms with Crippen molar-refractivity contribution in [1.82, 2.24) is 19.5 Å². The monoisotopic (exact) mass is 659 g/mol. The first-order chi connectivity index (χ1) is 27.3. The molecule has 0 unspecified atom stereocenters. The predicted molar refractivity (Wildman–Crippen MR) is 205 cm³/mol. The summed E-state index contributed by atoms with van der Waals surface area (Å²) in [5.41, 5.74) is 7.17. The lowest BCUT2D eigenvalue weighted by Gasteiger charge is -2.10. The van der Waals surface area contributed by atoms with Crippen LogP contribution in [0.2, 0.25) is 0 Å². The molecule has 6 nitrogen and oxygen atoms in total. The number of rotatable bonds is 4. The van der Waals surface area contributed by atoms with Crippen molar-refractivity contribution in [2.45, 2.75) is 0 Å². The lowest BCUT2D eigenvalue weighted by atomic mass is 10.1. The molecule has 238 valence electrons. The molecule has 0 aliphatic rings.